The number of amides is 1. The molecular weight excluding hydrogens is 202 g/mol. The van der Waals surface area contributed by atoms with Crippen LogP contribution >= 0.6 is 0 Å². The van der Waals surface area contributed by atoms with E-state index in [9.17, 15) is 4.79 Å². The fraction of sp³-hybridized carbons (Fsp3) is 0.417. The average Bonchev–Trinajstić information content (AvgIpc) is 2.53. The summed E-state index contributed by atoms with van der Waals surface area (Å²) in [5.74, 6) is 0.0113. The van der Waals surface area contributed by atoms with E-state index in [1.807, 2.05) is 13.8 Å². The van der Waals surface area contributed by atoms with Crippen LogP contribution in [0.5, 0.6) is 0 Å². The Morgan fingerprint density at radius 3 is 2.88 bits per heavy atom. The number of nitrogens with one attached hydrogen (secondary N) is 2. The molecule has 0 aromatic heterocycles. The summed E-state index contributed by atoms with van der Waals surface area (Å²) in [5.41, 5.74) is 9.71. The maximum atomic E-state index is 11.8. The third-order valence-electron chi connectivity index (χ3n) is 2.82. The molecule has 1 amide bonds. The standard InChI is InChI=1S/C12H17N3O/c1-7-5-8(2)10-9(6-7)11(12(16)15-10)14-4-3-13/h5-6,11,14H,3-4,13H2,1-2H3,(H,15,16). The van der Waals surface area contributed by atoms with Gasteiger partial charge in [0.15, 0.2) is 0 Å². The lowest BCUT2D eigenvalue weighted by atomic mass is 10.0. The van der Waals surface area contributed by atoms with E-state index in [1.165, 1.54) is 5.56 Å². The van der Waals surface area contributed by atoms with Gasteiger partial charge in [0.2, 0.25) is 5.91 Å². The van der Waals surface area contributed by atoms with Gasteiger partial charge >= 0.3 is 0 Å². The van der Waals surface area contributed by atoms with Crippen molar-refractivity contribution in [2.45, 2.75) is 19.9 Å². The summed E-state index contributed by atoms with van der Waals surface area (Å²) in [6.45, 7) is 5.22. The number of benzene rings is 1. The third kappa shape index (κ3) is 1.81. The van der Waals surface area contributed by atoms with Crippen LogP contribution in [0.25, 0.3) is 0 Å². The zero-order valence-corrected chi connectivity index (χ0v) is 9.63. The predicted octanol–water partition coefficient (Wildman–Crippen LogP) is 0.845. The number of carbonyl (C=O) groups is 1. The number of hydrogen-bond acceptors (Lipinski definition) is 3. The van der Waals surface area contributed by atoms with Gasteiger partial charge in [-0.2, -0.15) is 0 Å². The van der Waals surface area contributed by atoms with Gasteiger partial charge in [-0.3, -0.25) is 4.79 Å². The van der Waals surface area contributed by atoms with Crippen LogP contribution in [0.2, 0.25) is 0 Å². The highest BCUT2D eigenvalue weighted by molar-refractivity contribution is 6.03. The molecule has 0 spiro atoms. The summed E-state index contributed by atoms with van der Waals surface area (Å²) in [5, 5.41) is 6.06. The second-order valence-corrected chi connectivity index (χ2v) is 4.21. The predicted molar refractivity (Wildman–Crippen MR) is 64.3 cm³/mol. The fourth-order valence-electron chi connectivity index (χ4n) is 2.17. The summed E-state index contributed by atoms with van der Waals surface area (Å²) in [4.78, 5) is 11.8. The molecule has 0 aliphatic carbocycles. The first-order valence-corrected chi connectivity index (χ1v) is 5.49. The van der Waals surface area contributed by atoms with Gasteiger partial charge in [0.05, 0.1) is 0 Å². The minimum atomic E-state index is -0.253. The fourth-order valence-corrected chi connectivity index (χ4v) is 2.17. The Labute approximate surface area is 95.2 Å². The van der Waals surface area contributed by atoms with Crippen LogP contribution in [0.15, 0.2) is 12.1 Å². The van der Waals surface area contributed by atoms with E-state index >= 15 is 0 Å². The first-order chi connectivity index (χ1) is 7.63. The smallest absolute Gasteiger partial charge is 0.246 e. The Kier molecular flexibility index (Phi) is 2.94. The molecule has 2 rings (SSSR count). The molecule has 0 fully saturated rings. The molecule has 86 valence electrons. The summed E-state index contributed by atoms with van der Waals surface area (Å²) >= 11 is 0. The number of rotatable bonds is 3. The molecule has 1 heterocycles. The zero-order chi connectivity index (χ0) is 11.7. The van der Waals surface area contributed by atoms with E-state index in [0.717, 1.165) is 16.8 Å². The van der Waals surface area contributed by atoms with Gasteiger partial charge < -0.3 is 16.4 Å². The highest BCUT2D eigenvalue weighted by Gasteiger charge is 2.30. The number of aryl methyl sites for hydroxylation is 2. The van der Waals surface area contributed by atoms with E-state index in [4.69, 9.17) is 5.73 Å². The molecule has 1 atom stereocenters. The molecular formula is C12H17N3O. The van der Waals surface area contributed by atoms with Gasteiger partial charge in [-0.25, -0.2) is 0 Å². The quantitative estimate of drug-likeness (QED) is 0.706. The summed E-state index contributed by atoms with van der Waals surface area (Å²) < 4.78 is 0. The number of nitrogens with two attached hydrogens (primary N) is 1. The molecule has 16 heavy (non-hydrogen) atoms. The maximum Gasteiger partial charge on any atom is 0.246 e. The molecule has 1 aromatic carbocycles. The Morgan fingerprint density at radius 1 is 1.44 bits per heavy atom. The van der Waals surface area contributed by atoms with E-state index in [-0.39, 0.29) is 11.9 Å². The third-order valence-corrected chi connectivity index (χ3v) is 2.82. The van der Waals surface area contributed by atoms with Crippen LogP contribution in [-0.2, 0) is 4.79 Å². The van der Waals surface area contributed by atoms with Gasteiger partial charge in [0, 0.05) is 24.3 Å². The first-order valence-electron chi connectivity index (χ1n) is 5.49. The second kappa shape index (κ2) is 4.23. The van der Waals surface area contributed by atoms with Gasteiger partial charge in [-0.15, -0.1) is 0 Å². The van der Waals surface area contributed by atoms with Crippen molar-refractivity contribution >= 4 is 11.6 Å². The Bertz CT molecular complexity index is 429. The number of anilines is 1. The van der Waals surface area contributed by atoms with Crippen molar-refractivity contribution in [3.05, 3.63) is 28.8 Å². The van der Waals surface area contributed by atoms with Crippen LogP contribution in [0, 0.1) is 13.8 Å². The van der Waals surface area contributed by atoms with Crippen molar-refractivity contribution < 1.29 is 4.79 Å². The molecule has 1 aromatic rings. The number of hydrogen-bond donors (Lipinski definition) is 3. The zero-order valence-electron chi connectivity index (χ0n) is 9.63. The number of fused-ring (bicyclic) bond motifs is 1. The Morgan fingerprint density at radius 2 is 2.19 bits per heavy atom. The molecule has 0 bridgehead atoms. The highest BCUT2D eigenvalue weighted by Crippen LogP contribution is 2.34. The second-order valence-electron chi connectivity index (χ2n) is 4.21. The van der Waals surface area contributed by atoms with Crippen molar-refractivity contribution in [1.82, 2.24) is 5.32 Å². The monoisotopic (exact) mass is 219 g/mol. The normalized spacial score (nSPS) is 18.4. The molecule has 0 saturated carbocycles. The van der Waals surface area contributed by atoms with Crippen LogP contribution in [0.1, 0.15) is 22.7 Å². The van der Waals surface area contributed by atoms with Crippen LogP contribution in [0.4, 0.5) is 5.69 Å². The van der Waals surface area contributed by atoms with E-state index in [1.54, 1.807) is 0 Å². The Hall–Kier alpha value is -1.39. The lowest BCUT2D eigenvalue weighted by Gasteiger charge is -2.11. The largest absolute Gasteiger partial charge is 0.329 e. The maximum absolute atomic E-state index is 11.8. The van der Waals surface area contributed by atoms with Gasteiger partial charge in [0.1, 0.15) is 6.04 Å². The molecule has 1 aliphatic rings. The molecule has 4 N–H and O–H groups in total. The molecule has 0 radical (unpaired) electrons. The van der Waals surface area contributed by atoms with Gasteiger partial charge in [-0.05, 0) is 19.4 Å². The van der Waals surface area contributed by atoms with Gasteiger partial charge in [-0.1, -0.05) is 17.7 Å². The number of carbonyl (C=O) groups excluding carboxylic acids is 1. The van der Waals surface area contributed by atoms with E-state index < -0.39 is 0 Å². The minimum Gasteiger partial charge on any atom is -0.329 e. The van der Waals surface area contributed by atoms with Crippen LogP contribution in [-0.4, -0.2) is 19.0 Å². The van der Waals surface area contributed by atoms with Crippen LogP contribution in [0.3, 0.4) is 0 Å². The van der Waals surface area contributed by atoms with Crippen molar-refractivity contribution in [3.63, 3.8) is 0 Å². The molecule has 4 heteroatoms. The summed E-state index contributed by atoms with van der Waals surface area (Å²) in [7, 11) is 0. The van der Waals surface area contributed by atoms with Crippen molar-refractivity contribution in [1.29, 1.82) is 0 Å². The lowest BCUT2D eigenvalue weighted by molar-refractivity contribution is -0.117. The van der Waals surface area contributed by atoms with Crippen molar-refractivity contribution in [3.8, 4) is 0 Å². The lowest BCUT2D eigenvalue weighted by Crippen LogP contribution is -2.31. The van der Waals surface area contributed by atoms with Crippen molar-refractivity contribution in [2.75, 3.05) is 18.4 Å². The average molecular weight is 219 g/mol. The minimum absolute atomic E-state index is 0.0113. The van der Waals surface area contributed by atoms with Crippen molar-refractivity contribution in [2.24, 2.45) is 5.73 Å². The van der Waals surface area contributed by atoms with Crippen LogP contribution < -0.4 is 16.4 Å². The summed E-state index contributed by atoms with van der Waals surface area (Å²) in [6.07, 6.45) is 0. The van der Waals surface area contributed by atoms with E-state index in [0.29, 0.717) is 13.1 Å². The molecule has 4 nitrogen and oxygen atoms in total. The molecule has 1 aliphatic heterocycles. The SMILES string of the molecule is Cc1cc(C)c2c(c1)C(NCCN)C(=O)N2. The highest BCUT2D eigenvalue weighted by atomic mass is 16.2. The topological polar surface area (TPSA) is 67.1 Å². The van der Waals surface area contributed by atoms with E-state index in [2.05, 4.69) is 22.8 Å². The molecule has 0 saturated heterocycles. The Balaban J connectivity index is 2.36. The van der Waals surface area contributed by atoms with Gasteiger partial charge in [0.25, 0.3) is 0 Å². The molecule has 1 unspecified atom stereocenters. The first kappa shape index (κ1) is 11.1. The summed E-state index contributed by atoms with van der Waals surface area (Å²) in [6, 6.07) is 3.87.